The number of ether oxygens (including phenoxy) is 9. The second-order valence-electron chi connectivity index (χ2n) is 14.7. The standard InChI is InChI=1S/C32H55NO25/c1-7-14(39)17(42)21(46)30(50-7)56-25-12(6-37)54-29(13(33-8(2)38)26(25)57-31-22(47)18(43)15(40)9(3-34)52-31)58-27-16(41)10(4-35)53-32(23(27)48)55-24-11(5-36)51-28(49)20(45)19(24)44/h7,9-32,34-37,39-49H,3-6H2,1-2H3,(H,33,38)/t7-,9+,10+,11+,12+,13+,14+,15-,16-,17+,18-,19+,20+,21-,22+,23+,24+,25+,26+,27-,28?,29-,30+,31-,32-/m0/s1. The Morgan fingerprint density at radius 1 is 0.448 bits per heavy atom. The van der Waals surface area contributed by atoms with Gasteiger partial charge in [0.2, 0.25) is 5.91 Å². The van der Waals surface area contributed by atoms with E-state index in [1.54, 1.807) is 0 Å². The first-order valence-corrected chi connectivity index (χ1v) is 18.5. The molecule has 0 aliphatic carbocycles. The molecule has 0 saturated carbocycles. The average molecular weight is 854 g/mol. The molecule has 0 bridgehead atoms. The van der Waals surface area contributed by atoms with Crippen LogP contribution in [0.5, 0.6) is 0 Å². The third-order valence-electron chi connectivity index (χ3n) is 10.7. The van der Waals surface area contributed by atoms with Crippen LogP contribution in [-0.2, 0) is 47.4 Å². The minimum Gasteiger partial charge on any atom is -0.394 e. The van der Waals surface area contributed by atoms with Crippen molar-refractivity contribution >= 4 is 5.91 Å². The highest BCUT2D eigenvalue weighted by atomic mass is 16.8. The van der Waals surface area contributed by atoms with Gasteiger partial charge in [0.1, 0.15) is 116 Å². The third-order valence-corrected chi connectivity index (χ3v) is 10.7. The van der Waals surface area contributed by atoms with E-state index in [4.69, 9.17) is 42.6 Å². The molecule has 0 aromatic heterocycles. The molecule has 58 heavy (non-hydrogen) atoms. The summed E-state index contributed by atoms with van der Waals surface area (Å²) in [6.45, 7) is -1.37. The number of hydrogen-bond acceptors (Lipinski definition) is 25. The highest BCUT2D eigenvalue weighted by molar-refractivity contribution is 5.73. The van der Waals surface area contributed by atoms with E-state index in [0.717, 1.165) is 6.92 Å². The molecular formula is C32H55NO25. The first-order chi connectivity index (χ1) is 27.4. The Balaban J connectivity index is 1.50. The summed E-state index contributed by atoms with van der Waals surface area (Å²) >= 11 is 0. The lowest BCUT2D eigenvalue weighted by Crippen LogP contribution is -2.71. The lowest BCUT2D eigenvalue weighted by atomic mass is 9.93. The van der Waals surface area contributed by atoms with Crippen LogP contribution in [0.25, 0.3) is 0 Å². The molecule has 26 nitrogen and oxygen atoms in total. The van der Waals surface area contributed by atoms with Crippen molar-refractivity contribution in [3.05, 3.63) is 0 Å². The molecule has 5 saturated heterocycles. The molecule has 0 aromatic rings. The minimum atomic E-state index is -2.12. The Bertz CT molecular complexity index is 1300. The van der Waals surface area contributed by atoms with E-state index in [2.05, 4.69) is 5.32 Å². The predicted molar refractivity (Wildman–Crippen MR) is 177 cm³/mol. The van der Waals surface area contributed by atoms with Crippen LogP contribution in [0.4, 0.5) is 0 Å². The molecule has 5 aliphatic heterocycles. The van der Waals surface area contributed by atoms with Crippen LogP contribution in [0.3, 0.4) is 0 Å². The normalized spacial score (nSPS) is 51.6. The van der Waals surface area contributed by atoms with E-state index in [1.165, 1.54) is 6.92 Å². The number of rotatable bonds is 13. The molecule has 0 radical (unpaired) electrons. The van der Waals surface area contributed by atoms with Gasteiger partial charge in [-0.3, -0.25) is 4.79 Å². The summed E-state index contributed by atoms with van der Waals surface area (Å²) in [4.78, 5) is 12.8. The number of carbonyl (C=O) groups excluding carboxylic acids is 1. The summed E-state index contributed by atoms with van der Waals surface area (Å²) in [6.07, 6.45) is -43.6. The van der Waals surface area contributed by atoms with Crippen LogP contribution >= 0.6 is 0 Å². The molecule has 1 amide bonds. The van der Waals surface area contributed by atoms with Crippen LogP contribution in [0, 0.1) is 0 Å². The molecular weight excluding hydrogens is 798 g/mol. The van der Waals surface area contributed by atoms with Crippen LogP contribution in [0.15, 0.2) is 0 Å². The molecule has 25 atom stereocenters. The number of aliphatic hydroxyl groups is 15. The molecule has 338 valence electrons. The van der Waals surface area contributed by atoms with Crippen molar-refractivity contribution < 1.29 is 124 Å². The van der Waals surface area contributed by atoms with Crippen molar-refractivity contribution in [2.24, 2.45) is 0 Å². The fraction of sp³-hybridized carbons (Fsp3) is 0.969. The summed E-state index contributed by atoms with van der Waals surface area (Å²) in [5, 5.41) is 159. The third kappa shape index (κ3) is 9.75. The van der Waals surface area contributed by atoms with Crippen molar-refractivity contribution in [2.45, 2.75) is 167 Å². The number of nitrogens with one attached hydrogen (secondary N) is 1. The van der Waals surface area contributed by atoms with E-state index < -0.39 is 186 Å². The van der Waals surface area contributed by atoms with Crippen molar-refractivity contribution in [3.63, 3.8) is 0 Å². The zero-order chi connectivity index (χ0) is 42.9. The first kappa shape index (κ1) is 47.6. The molecule has 5 aliphatic rings. The number of hydrogen-bond donors (Lipinski definition) is 16. The van der Waals surface area contributed by atoms with E-state index in [9.17, 15) is 81.4 Å². The van der Waals surface area contributed by atoms with Crippen molar-refractivity contribution in [3.8, 4) is 0 Å². The number of carbonyl (C=O) groups is 1. The molecule has 5 heterocycles. The number of aliphatic hydroxyl groups excluding tert-OH is 15. The van der Waals surface area contributed by atoms with Gasteiger partial charge >= 0.3 is 0 Å². The lowest BCUT2D eigenvalue weighted by Gasteiger charge is -2.51. The van der Waals surface area contributed by atoms with Crippen LogP contribution in [0.1, 0.15) is 13.8 Å². The van der Waals surface area contributed by atoms with Crippen LogP contribution in [0.2, 0.25) is 0 Å². The van der Waals surface area contributed by atoms with Crippen LogP contribution in [-0.4, -0.2) is 262 Å². The lowest BCUT2D eigenvalue weighted by molar-refractivity contribution is -0.391. The Labute approximate surface area is 329 Å². The quantitative estimate of drug-likeness (QED) is 0.0818. The van der Waals surface area contributed by atoms with Gasteiger partial charge in [-0.05, 0) is 6.92 Å². The van der Waals surface area contributed by atoms with Gasteiger partial charge in [-0.1, -0.05) is 0 Å². The van der Waals surface area contributed by atoms with Gasteiger partial charge in [0.05, 0.1) is 32.5 Å². The fourth-order valence-electron chi connectivity index (χ4n) is 7.37. The SMILES string of the molecule is CC(=O)N[C@H]1[C@H](O[C@H]2[C@@H](O)[C@@H](CO)O[C@@H](O[C@H]3[C@H](O)[C@@H](O)C(O)O[C@@H]3CO)[C@@H]2O)O[C@H](CO)[C@@H](O[C@H]2O[C@@H](C)[C@@H](O)[C@@H](O)[C@@H]2O)[C@@H]1O[C@@H]1O[C@H](CO)[C@H](O)[C@H](O)[C@H]1O. The molecule has 0 spiro atoms. The zero-order valence-corrected chi connectivity index (χ0v) is 31.1. The minimum absolute atomic E-state index is 0.837. The zero-order valence-electron chi connectivity index (χ0n) is 31.1. The summed E-state index contributed by atoms with van der Waals surface area (Å²) in [6, 6.07) is -1.75. The Morgan fingerprint density at radius 2 is 0.897 bits per heavy atom. The Morgan fingerprint density at radius 3 is 1.47 bits per heavy atom. The van der Waals surface area contributed by atoms with E-state index in [-0.39, 0.29) is 0 Å². The predicted octanol–water partition coefficient (Wildman–Crippen LogP) is -10.8. The topological polar surface area (TPSA) is 416 Å². The first-order valence-electron chi connectivity index (χ1n) is 18.5. The second kappa shape index (κ2) is 20.1. The second-order valence-corrected chi connectivity index (χ2v) is 14.7. The smallest absolute Gasteiger partial charge is 0.217 e. The highest BCUT2D eigenvalue weighted by Crippen LogP contribution is 2.36. The summed E-state index contributed by atoms with van der Waals surface area (Å²) < 4.78 is 51.4. The summed E-state index contributed by atoms with van der Waals surface area (Å²) in [7, 11) is 0. The molecule has 26 heteroatoms. The maximum atomic E-state index is 12.8. The van der Waals surface area contributed by atoms with Gasteiger partial charge in [-0.15, -0.1) is 0 Å². The Hall–Kier alpha value is -1.49. The van der Waals surface area contributed by atoms with E-state index in [0.29, 0.717) is 0 Å². The molecule has 0 aromatic carbocycles. The van der Waals surface area contributed by atoms with Gasteiger partial charge < -0.3 is 125 Å². The van der Waals surface area contributed by atoms with Gasteiger partial charge in [0.25, 0.3) is 0 Å². The van der Waals surface area contributed by atoms with Gasteiger partial charge in [-0.2, -0.15) is 0 Å². The van der Waals surface area contributed by atoms with E-state index in [1.807, 2.05) is 0 Å². The molecule has 5 rings (SSSR count). The van der Waals surface area contributed by atoms with Gasteiger partial charge in [0, 0.05) is 6.92 Å². The monoisotopic (exact) mass is 853 g/mol. The average Bonchev–Trinajstić information content (AvgIpc) is 3.19. The largest absolute Gasteiger partial charge is 0.394 e. The maximum Gasteiger partial charge on any atom is 0.217 e. The molecule has 16 N–H and O–H groups in total. The number of amides is 1. The molecule has 5 fully saturated rings. The highest BCUT2D eigenvalue weighted by Gasteiger charge is 2.57. The van der Waals surface area contributed by atoms with Crippen LogP contribution < -0.4 is 5.32 Å². The fourth-order valence-corrected chi connectivity index (χ4v) is 7.37. The summed E-state index contributed by atoms with van der Waals surface area (Å²) in [5.74, 6) is -0.837. The van der Waals surface area contributed by atoms with Crippen molar-refractivity contribution in [1.82, 2.24) is 5.32 Å². The summed E-state index contributed by atoms with van der Waals surface area (Å²) in [5.41, 5.74) is 0. The Kier molecular flexibility index (Phi) is 16.5. The van der Waals surface area contributed by atoms with Crippen molar-refractivity contribution in [1.29, 1.82) is 0 Å². The van der Waals surface area contributed by atoms with Gasteiger partial charge in [0.15, 0.2) is 31.5 Å². The van der Waals surface area contributed by atoms with Crippen molar-refractivity contribution in [2.75, 3.05) is 26.4 Å². The molecule has 1 unspecified atom stereocenters. The van der Waals surface area contributed by atoms with Gasteiger partial charge in [-0.25, -0.2) is 0 Å². The maximum absolute atomic E-state index is 12.8. The van der Waals surface area contributed by atoms with E-state index >= 15 is 0 Å².